The molecule has 0 aliphatic rings. The van der Waals surface area contributed by atoms with Crippen LogP contribution < -0.4 is 0 Å². The first kappa shape index (κ1) is 28.2. The predicted molar refractivity (Wildman–Crippen MR) is 122 cm³/mol. The highest BCUT2D eigenvalue weighted by Gasteiger charge is 2.07. The average molecular weight is 447 g/mol. The van der Waals surface area contributed by atoms with Crippen LogP contribution in [0.1, 0.15) is 47.5 Å². The van der Waals surface area contributed by atoms with Crippen LogP contribution in [0.3, 0.4) is 0 Å². The molecule has 0 spiro atoms. The van der Waals surface area contributed by atoms with E-state index < -0.39 is 11.9 Å². The van der Waals surface area contributed by atoms with Gasteiger partial charge < -0.3 is 20.4 Å². The number of carboxylic acids is 2. The van der Waals surface area contributed by atoms with Gasteiger partial charge in [-0.2, -0.15) is 0 Å². The molecule has 0 unspecified atom stereocenters. The Morgan fingerprint density at radius 1 is 0.781 bits per heavy atom. The van der Waals surface area contributed by atoms with Gasteiger partial charge in [0.25, 0.3) is 11.9 Å². The number of nitrogens with zero attached hydrogens (tertiary/aromatic N) is 4. The number of hydrogen-bond donors (Lipinski definition) is 4. The fourth-order valence-electron chi connectivity index (χ4n) is 2.17. The standard InChI is InChI=1S/C18H22N4O2.2C2H4O2/c1-11-7-21-13(3)17(23)15(11)9-19-5-6-20-10-16-12(2)8-22-14(4)18(16)24;2*1-2(3)4/h7-10,23-24H,5-6H2,1-4H3;2*1H3,(H,3,4)/b19-9+,20-10+;;. The Kier molecular flexibility index (Phi) is 12.5. The smallest absolute Gasteiger partial charge is 0.300 e. The van der Waals surface area contributed by atoms with Crippen molar-refractivity contribution < 1.29 is 30.0 Å². The summed E-state index contributed by atoms with van der Waals surface area (Å²) in [5.41, 5.74) is 4.28. The van der Waals surface area contributed by atoms with E-state index >= 15 is 0 Å². The third-order valence-electron chi connectivity index (χ3n) is 3.75. The van der Waals surface area contributed by atoms with Crippen LogP contribution in [0.25, 0.3) is 0 Å². The zero-order chi connectivity index (χ0) is 24.8. The molecule has 174 valence electrons. The zero-order valence-electron chi connectivity index (χ0n) is 19.1. The summed E-state index contributed by atoms with van der Waals surface area (Å²) >= 11 is 0. The van der Waals surface area contributed by atoms with E-state index in [9.17, 15) is 10.2 Å². The molecule has 0 amide bonds. The van der Waals surface area contributed by atoms with Crippen molar-refractivity contribution in [1.82, 2.24) is 9.97 Å². The molecule has 0 aliphatic heterocycles. The van der Waals surface area contributed by atoms with Crippen molar-refractivity contribution in [2.45, 2.75) is 41.5 Å². The highest BCUT2D eigenvalue weighted by molar-refractivity contribution is 5.86. The number of aromatic hydroxyl groups is 2. The molecule has 10 nitrogen and oxygen atoms in total. The van der Waals surface area contributed by atoms with Gasteiger partial charge in [-0.1, -0.05) is 0 Å². The van der Waals surface area contributed by atoms with Crippen LogP contribution in [0.4, 0.5) is 0 Å². The van der Waals surface area contributed by atoms with Gasteiger partial charge in [-0.15, -0.1) is 0 Å². The minimum atomic E-state index is -0.833. The number of carbonyl (C=O) groups is 2. The topological polar surface area (TPSA) is 166 Å². The van der Waals surface area contributed by atoms with Gasteiger partial charge in [0.15, 0.2) is 0 Å². The lowest BCUT2D eigenvalue weighted by Crippen LogP contribution is -1.97. The summed E-state index contributed by atoms with van der Waals surface area (Å²) in [6.45, 7) is 10.4. The highest BCUT2D eigenvalue weighted by atomic mass is 16.4. The van der Waals surface area contributed by atoms with Gasteiger partial charge in [0.1, 0.15) is 11.5 Å². The van der Waals surface area contributed by atoms with Gasteiger partial charge in [-0.25, -0.2) is 0 Å². The summed E-state index contributed by atoms with van der Waals surface area (Å²) in [4.78, 5) is 34.8. The van der Waals surface area contributed by atoms with E-state index in [1.54, 1.807) is 38.7 Å². The quantitative estimate of drug-likeness (QED) is 0.402. The molecule has 4 N–H and O–H groups in total. The predicted octanol–water partition coefficient (Wildman–Crippen LogP) is 2.84. The molecule has 0 fully saturated rings. The van der Waals surface area contributed by atoms with Gasteiger partial charge in [0, 0.05) is 49.8 Å². The first-order valence-corrected chi connectivity index (χ1v) is 9.57. The molecule has 32 heavy (non-hydrogen) atoms. The molecular formula is C22H30N4O6. The van der Waals surface area contributed by atoms with Crippen molar-refractivity contribution in [2.75, 3.05) is 13.1 Å². The molecular weight excluding hydrogens is 416 g/mol. The summed E-state index contributed by atoms with van der Waals surface area (Å²) in [7, 11) is 0. The molecule has 0 saturated carbocycles. The first-order chi connectivity index (χ1) is 14.9. The van der Waals surface area contributed by atoms with Gasteiger partial charge in [0.05, 0.1) is 24.5 Å². The maximum Gasteiger partial charge on any atom is 0.300 e. The Morgan fingerprint density at radius 2 is 1.06 bits per heavy atom. The van der Waals surface area contributed by atoms with Crippen LogP contribution in [-0.2, 0) is 9.59 Å². The summed E-state index contributed by atoms with van der Waals surface area (Å²) in [6, 6.07) is 0. The fourth-order valence-corrected chi connectivity index (χ4v) is 2.17. The zero-order valence-corrected chi connectivity index (χ0v) is 19.1. The fraction of sp³-hybridized carbons (Fsp3) is 0.364. The van der Waals surface area contributed by atoms with Crippen LogP contribution >= 0.6 is 0 Å². The second kappa shape index (κ2) is 14.2. The van der Waals surface area contributed by atoms with Crippen molar-refractivity contribution in [3.8, 4) is 11.5 Å². The molecule has 2 aromatic rings. The van der Waals surface area contributed by atoms with Gasteiger partial charge in [-0.05, 0) is 38.8 Å². The van der Waals surface area contributed by atoms with Crippen LogP contribution in [0, 0.1) is 27.7 Å². The van der Waals surface area contributed by atoms with E-state index in [1.165, 1.54) is 0 Å². The van der Waals surface area contributed by atoms with Crippen LogP contribution in [0.15, 0.2) is 22.4 Å². The molecule has 0 saturated heterocycles. The van der Waals surface area contributed by atoms with E-state index in [1.807, 2.05) is 13.8 Å². The molecule has 0 bridgehead atoms. The molecule has 2 heterocycles. The van der Waals surface area contributed by atoms with Gasteiger partial charge in [-0.3, -0.25) is 29.5 Å². The number of aromatic nitrogens is 2. The number of aliphatic imine (C=N–C) groups is 2. The average Bonchev–Trinajstić information content (AvgIpc) is 2.68. The number of hydrogen-bond acceptors (Lipinski definition) is 8. The maximum atomic E-state index is 10.00. The lowest BCUT2D eigenvalue weighted by Gasteiger charge is -2.05. The number of carboxylic acid groups (broad SMARTS) is 2. The molecule has 2 rings (SSSR count). The highest BCUT2D eigenvalue weighted by Crippen LogP contribution is 2.22. The van der Waals surface area contributed by atoms with Crippen LogP contribution in [-0.4, -0.2) is 67.9 Å². The summed E-state index contributed by atoms with van der Waals surface area (Å²) in [5.74, 6) is -1.34. The molecule has 0 aliphatic carbocycles. The third-order valence-corrected chi connectivity index (χ3v) is 3.75. The molecule has 0 radical (unpaired) electrons. The number of aliphatic carboxylic acids is 2. The van der Waals surface area contributed by atoms with Crippen molar-refractivity contribution in [1.29, 1.82) is 0 Å². The van der Waals surface area contributed by atoms with E-state index in [0.29, 0.717) is 35.6 Å². The number of aryl methyl sites for hydroxylation is 4. The van der Waals surface area contributed by atoms with Gasteiger partial charge >= 0.3 is 0 Å². The third kappa shape index (κ3) is 10.8. The van der Waals surface area contributed by atoms with E-state index in [2.05, 4.69) is 20.0 Å². The lowest BCUT2D eigenvalue weighted by atomic mass is 10.1. The van der Waals surface area contributed by atoms with E-state index in [0.717, 1.165) is 25.0 Å². The minimum absolute atomic E-state index is 0.162. The van der Waals surface area contributed by atoms with E-state index in [-0.39, 0.29) is 11.5 Å². The molecule has 10 heteroatoms. The molecule has 2 aromatic heterocycles. The molecule has 0 aromatic carbocycles. The Labute approximate surface area is 187 Å². The normalized spacial score (nSPS) is 10.3. The van der Waals surface area contributed by atoms with E-state index in [4.69, 9.17) is 19.8 Å². The summed E-state index contributed by atoms with van der Waals surface area (Å²) in [5, 5.41) is 34.8. The number of pyridine rings is 2. The van der Waals surface area contributed by atoms with Crippen LogP contribution in [0.2, 0.25) is 0 Å². The van der Waals surface area contributed by atoms with Crippen molar-refractivity contribution in [3.05, 3.63) is 46.0 Å². The van der Waals surface area contributed by atoms with Crippen LogP contribution in [0.5, 0.6) is 11.5 Å². The second-order valence-electron chi connectivity index (χ2n) is 6.69. The Morgan fingerprint density at radius 3 is 1.34 bits per heavy atom. The monoisotopic (exact) mass is 446 g/mol. The molecule has 0 atom stereocenters. The first-order valence-electron chi connectivity index (χ1n) is 9.57. The summed E-state index contributed by atoms with van der Waals surface area (Å²) in [6.07, 6.45) is 6.72. The van der Waals surface area contributed by atoms with Gasteiger partial charge in [0.2, 0.25) is 0 Å². The van der Waals surface area contributed by atoms with Crippen molar-refractivity contribution >= 4 is 24.4 Å². The summed E-state index contributed by atoms with van der Waals surface area (Å²) < 4.78 is 0. The van der Waals surface area contributed by atoms with Crippen molar-refractivity contribution in [3.63, 3.8) is 0 Å². The second-order valence-corrected chi connectivity index (χ2v) is 6.69. The Balaban J connectivity index is 0.00000104. The minimum Gasteiger partial charge on any atom is -0.505 e. The van der Waals surface area contributed by atoms with Crippen molar-refractivity contribution in [2.24, 2.45) is 9.98 Å². The number of rotatable bonds is 5. The lowest BCUT2D eigenvalue weighted by molar-refractivity contribution is -0.135. The maximum absolute atomic E-state index is 10.00. The Bertz CT molecular complexity index is 899. The SMILES string of the molecule is CC(=O)O.CC(=O)O.Cc1cnc(C)c(O)c1/C=N/CC/N=C/c1c(C)cnc(C)c1O. The largest absolute Gasteiger partial charge is 0.505 e. The Hall–Kier alpha value is -3.82.